The molecule has 0 bridgehead atoms. The molecule has 0 aliphatic carbocycles. The van der Waals surface area contributed by atoms with Gasteiger partial charge in [0.15, 0.2) is 0 Å². The number of carbonyl (C=O) groups is 1. The van der Waals surface area contributed by atoms with E-state index in [0.29, 0.717) is 6.42 Å². The first-order chi connectivity index (χ1) is 16.9. The van der Waals surface area contributed by atoms with Crippen LogP contribution < -0.4 is 5.32 Å². The van der Waals surface area contributed by atoms with E-state index in [-0.39, 0.29) is 11.3 Å². The monoisotopic (exact) mass is 463 g/mol. The van der Waals surface area contributed by atoms with Gasteiger partial charge in [-0.1, -0.05) is 88.4 Å². The molecule has 1 N–H and O–H groups in total. The number of rotatable bonds is 8. The second kappa shape index (κ2) is 10.6. The van der Waals surface area contributed by atoms with Crippen LogP contribution in [0.25, 0.3) is 22.5 Å². The van der Waals surface area contributed by atoms with E-state index in [1.165, 1.54) is 11.1 Å². The molecule has 4 heteroatoms. The van der Waals surface area contributed by atoms with Gasteiger partial charge in [-0.25, -0.2) is 0 Å². The van der Waals surface area contributed by atoms with Gasteiger partial charge >= 0.3 is 0 Å². The Balaban J connectivity index is 1.47. The topological polar surface area (TPSA) is 54.9 Å². The van der Waals surface area contributed by atoms with E-state index in [2.05, 4.69) is 85.4 Å². The molecule has 3 aromatic carbocycles. The van der Waals surface area contributed by atoms with Crippen LogP contribution in [0.15, 0.2) is 85.2 Å². The Morgan fingerprint density at radius 3 is 2.14 bits per heavy atom. The highest BCUT2D eigenvalue weighted by molar-refractivity contribution is 5.92. The molecule has 0 atom stereocenters. The Morgan fingerprint density at radius 2 is 1.49 bits per heavy atom. The largest absolute Gasteiger partial charge is 0.326 e. The van der Waals surface area contributed by atoms with E-state index in [1.807, 2.05) is 30.3 Å². The fourth-order valence-electron chi connectivity index (χ4n) is 4.19. The quantitative estimate of drug-likeness (QED) is 0.300. The maximum atomic E-state index is 12.7. The highest BCUT2D eigenvalue weighted by atomic mass is 16.1. The lowest BCUT2D eigenvalue weighted by Gasteiger charge is -2.23. The van der Waals surface area contributed by atoms with Gasteiger partial charge in [0, 0.05) is 29.2 Å². The standard InChI is InChI=1S/C31H33N3O/c1-5-23-9-7-8-10-27(23)30-29(32-19-20-33-30)24-13-17-26(18-14-24)34-28(35)21-22-11-15-25(16-12-22)31(3,4)6-2/h7-20H,5-6,21H2,1-4H3,(H,34,35). The number of benzene rings is 3. The van der Waals surface area contributed by atoms with Gasteiger partial charge in [0.1, 0.15) is 0 Å². The minimum Gasteiger partial charge on any atom is -0.326 e. The molecule has 4 nitrogen and oxygen atoms in total. The molecular formula is C31H33N3O. The Morgan fingerprint density at radius 1 is 0.829 bits per heavy atom. The third kappa shape index (κ3) is 5.65. The van der Waals surface area contributed by atoms with Crippen LogP contribution in [0.3, 0.4) is 0 Å². The molecule has 0 saturated carbocycles. The number of aryl methyl sites for hydroxylation is 1. The molecule has 0 unspecified atom stereocenters. The normalized spacial score (nSPS) is 11.3. The first kappa shape index (κ1) is 24.3. The third-order valence-electron chi connectivity index (χ3n) is 6.78. The molecule has 0 radical (unpaired) electrons. The first-order valence-corrected chi connectivity index (χ1v) is 12.3. The predicted molar refractivity (Wildman–Crippen MR) is 144 cm³/mol. The number of amides is 1. The minimum absolute atomic E-state index is 0.0303. The van der Waals surface area contributed by atoms with Crippen LogP contribution >= 0.6 is 0 Å². The lowest BCUT2D eigenvalue weighted by Crippen LogP contribution is -2.16. The first-order valence-electron chi connectivity index (χ1n) is 12.3. The van der Waals surface area contributed by atoms with Crippen molar-refractivity contribution in [2.24, 2.45) is 0 Å². The van der Waals surface area contributed by atoms with Gasteiger partial charge in [-0.15, -0.1) is 0 Å². The summed E-state index contributed by atoms with van der Waals surface area (Å²) in [6.45, 7) is 8.82. The Hall–Kier alpha value is -3.79. The Kier molecular flexibility index (Phi) is 7.40. The van der Waals surface area contributed by atoms with Crippen molar-refractivity contribution in [1.29, 1.82) is 0 Å². The average Bonchev–Trinajstić information content (AvgIpc) is 2.89. The molecule has 178 valence electrons. The van der Waals surface area contributed by atoms with E-state index in [9.17, 15) is 4.79 Å². The van der Waals surface area contributed by atoms with Crippen LogP contribution in [0.5, 0.6) is 0 Å². The van der Waals surface area contributed by atoms with Gasteiger partial charge in [0.05, 0.1) is 17.8 Å². The lowest BCUT2D eigenvalue weighted by molar-refractivity contribution is -0.115. The Bertz CT molecular complexity index is 1290. The molecule has 1 heterocycles. The van der Waals surface area contributed by atoms with Gasteiger partial charge in [-0.2, -0.15) is 0 Å². The summed E-state index contributed by atoms with van der Waals surface area (Å²) in [7, 11) is 0. The lowest BCUT2D eigenvalue weighted by atomic mass is 9.82. The van der Waals surface area contributed by atoms with E-state index in [0.717, 1.165) is 46.6 Å². The van der Waals surface area contributed by atoms with Crippen LogP contribution in [0.2, 0.25) is 0 Å². The number of hydrogen-bond donors (Lipinski definition) is 1. The van der Waals surface area contributed by atoms with Crippen LogP contribution in [0, 0.1) is 0 Å². The van der Waals surface area contributed by atoms with Crippen LogP contribution in [-0.4, -0.2) is 15.9 Å². The van der Waals surface area contributed by atoms with Crippen LogP contribution in [0.1, 0.15) is 50.8 Å². The summed E-state index contributed by atoms with van der Waals surface area (Å²) in [5, 5.41) is 3.01. The van der Waals surface area contributed by atoms with Crippen molar-refractivity contribution in [3.63, 3.8) is 0 Å². The summed E-state index contributed by atoms with van der Waals surface area (Å²) in [6.07, 6.45) is 5.79. The fraction of sp³-hybridized carbons (Fsp3) is 0.258. The summed E-state index contributed by atoms with van der Waals surface area (Å²) in [5.74, 6) is -0.0303. The van der Waals surface area contributed by atoms with Crippen molar-refractivity contribution in [2.75, 3.05) is 5.32 Å². The number of aromatic nitrogens is 2. The molecule has 1 amide bonds. The zero-order chi connectivity index (χ0) is 24.8. The number of anilines is 1. The maximum absolute atomic E-state index is 12.7. The molecule has 0 saturated heterocycles. The van der Waals surface area contributed by atoms with E-state index in [4.69, 9.17) is 0 Å². The maximum Gasteiger partial charge on any atom is 0.228 e. The van der Waals surface area contributed by atoms with Gasteiger partial charge in [-0.05, 0) is 47.1 Å². The molecule has 4 aromatic rings. The molecule has 1 aromatic heterocycles. The van der Waals surface area contributed by atoms with Crippen molar-refractivity contribution >= 4 is 11.6 Å². The van der Waals surface area contributed by atoms with E-state index < -0.39 is 0 Å². The highest BCUT2D eigenvalue weighted by Crippen LogP contribution is 2.31. The molecule has 0 aliphatic rings. The van der Waals surface area contributed by atoms with Gasteiger partial charge in [-0.3, -0.25) is 14.8 Å². The molecule has 0 spiro atoms. The summed E-state index contributed by atoms with van der Waals surface area (Å²) < 4.78 is 0. The smallest absolute Gasteiger partial charge is 0.228 e. The second-order valence-corrected chi connectivity index (χ2v) is 9.50. The van der Waals surface area contributed by atoms with Crippen LogP contribution in [0.4, 0.5) is 5.69 Å². The third-order valence-corrected chi connectivity index (χ3v) is 6.78. The van der Waals surface area contributed by atoms with Gasteiger partial charge in [0.25, 0.3) is 0 Å². The number of hydrogen-bond acceptors (Lipinski definition) is 3. The highest BCUT2D eigenvalue weighted by Gasteiger charge is 2.18. The number of nitrogens with one attached hydrogen (secondary N) is 1. The number of nitrogens with zero attached hydrogens (tertiary/aromatic N) is 2. The van der Waals surface area contributed by atoms with E-state index in [1.54, 1.807) is 12.4 Å². The molecule has 0 aliphatic heterocycles. The van der Waals surface area contributed by atoms with Crippen molar-refractivity contribution in [3.8, 4) is 22.5 Å². The minimum atomic E-state index is -0.0303. The summed E-state index contributed by atoms with van der Waals surface area (Å²) in [5.41, 5.74) is 8.22. The van der Waals surface area contributed by atoms with Crippen LogP contribution in [-0.2, 0) is 23.1 Å². The second-order valence-electron chi connectivity index (χ2n) is 9.50. The fourth-order valence-corrected chi connectivity index (χ4v) is 4.19. The van der Waals surface area contributed by atoms with Gasteiger partial charge in [0.2, 0.25) is 5.91 Å². The van der Waals surface area contributed by atoms with Crippen molar-refractivity contribution in [3.05, 3.63) is 102 Å². The number of carbonyl (C=O) groups excluding carboxylic acids is 1. The Labute approximate surface area is 208 Å². The van der Waals surface area contributed by atoms with E-state index >= 15 is 0 Å². The molecule has 35 heavy (non-hydrogen) atoms. The van der Waals surface area contributed by atoms with Crippen molar-refractivity contribution < 1.29 is 4.79 Å². The summed E-state index contributed by atoms with van der Waals surface area (Å²) in [4.78, 5) is 21.9. The average molecular weight is 464 g/mol. The van der Waals surface area contributed by atoms with Crippen molar-refractivity contribution in [2.45, 2.75) is 52.4 Å². The predicted octanol–water partition coefficient (Wildman–Crippen LogP) is 7.24. The van der Waals surface area contributed by atoms with Gasteiger partial charge < -0.3 is 5.32 Å². The van der Waals surface area contributed by atoms with Crippen molar-refractivity contribution in [1.82, 2.24) is 9.97 Å². The molecular weight excluding hydrogens is 430 g/mol. The SMILES string of the molecule is CCc1ccccc1-c1nccnc1-c1ccc(NC(=O)Cc2ccc(C(C)(C)CC)cc2)cc1. The zero-order valence-corrected chi connectivity index (χ0v) is 21.0. The molecule has 0 fully saturated rings. The molecule has 4 rings (SSSR count). The summed E-state index contributed by atoms with van der Waals surface area (Å²) >= 11 is 0. The zero-order valence-electron chi connectivity index (χ0n) is 21.0. The summed E-state index contributed by atoms with van der Waals surface area (Å²) in [6, 6.07) is 24.5.